The van der Waals surface area contributed by atoms with E-state index in [1.165, 1.54) is 0 Å². The smallest absolute Gasteiger partial charge is 0.114 e. The summed E-state index contributed by atoms with van der Waals surface area (Å²) in [6.07, 6.45) is 5.01. The second-order valence-electron chi connectivity index (χ2n) is 4.51. The normalized spacial score (nSPS) is 26.8. The van der Waals surface area contributed by atoms with Crippen LogP contribution >= 0.6 is 0 Å². The Morgan fingerprint density at radius 1 is 1.67 bits per heavy atom. The number of aromatic nitrogens is 2. The highest BCUT2D eigenvalue weighted by atomic mass is 16.5. The number of ether oxygens (including phenoxy) is 1. The molecule has 2 heterocycles. The van der Waals surface area contributed by atoms with Crippen LogP contribution in [-0.4, -0.2) is 29.7 Å². The molecule has 1 aliphatic heterocycles. The van der Waals surface area contributed by atoms with Crippen molar-refractivity contribution < 1.29 is 4.74 Å². The summed E-state index contributed by atoms with van der Waals surface area (Å²) in [5.41, 5.74) is 6.69. The molecule has 0 spiro atoms. The second-order valence-corrected chi connectivity index (χ2v) is 4.51. The van der Waals surface area contributed by atoms with Gasteiger partial charge in [-0.25, -0.2) is 4.98 Å². The number of rotatable bonds is 3. The van der Waals surface area contributed by atoms with Crippen molar-refractivity contribution in [3.8, 4) is 0 Å². The van der Waals surface area contributed by atoms with Gasteiger partial charge in [-0.2, -0.15) is 0 Å². The number of imidazole rings is 1. The first kappa shape index (κ1) is 10.6. The zero-order chi connectivity index (χ0) is 10.7. The Hall–Kier alpha value is -0.870. The third-order valence-electron chi connectivity index (χ3n) is 3.05. The molecule has 3 N–H and O–H groups in total. The highest BCUT2D eigenvalue weighted by Gasteiger charge is 2.32. The molecule has 1 unspecified atom stereocenters. The Kier molecular flexibility index (Phi) is 3.07. The minimum atomic E-state index is 0.0606. The van der Waals surface area contributed by atoms with Gasteiger partial charge in [-0.3, -0.25) is 0 Å². The maximum atomic E-state index is 5.52. The Morgan fingerprint density at radius 3 is 3.20 bits per heavy atom. The van der Waals surface area contributed by atoms with Crippen molar-refractivity contribution >= 4 is 0 Å². The molecule has 1 aromatic heterocycles. The highest BCUT2D eigenvalue weighted by molar-refractivity contribution is 5.12. The molecule has 1 aliphatic rings. The van der Waals surface area contributed by atoms with E-state index in [1.807, 2.05) is 6.20 Å². The van der Waals surface area contributed by atoms with Gasteiger partial charge in [-0.15, -0.1) is 0 Å². The lowest BCUT2D eigenvalue weighted by molar-refractivity contribution is 0.0387. The molecule has 0 aliphatic carbocycles. The molecule has 84 valence electrons. The van der Waals surface area contributed by atoms with Crippen LogP contribution in [0.4, 0.5) is 0 Å². The molecule has 0 saturated carbocycles. The third-order valence-corrected chi connectivity index (χ3v) is 3.05. The van der Waals surface area contributed by atoms with E-state index < -0.39 is 0 Å². The predicted octanol–water partition coefficient (Wildman–Crippen LogP) is 0.979. The fourth-order valence-corrected chi connectivity index (χ4v) is 2.07. The van der Waals surface area contributed by atoms with Crippen LogP contribution in [0.15, 0.2) is 6.20 Å². The topological polar surface area (TPSA) is 63.9 Å². The summed E-state index contributed by atoms with van der Waals surface area (Å²) in [5.74, 6) is 1.05. The first-order valence-electron chi connectivity index (χ1n) is 5.57. The number of nitrogens with two attached hydrogens (primary N) is 1. The van der Waals surface area contributed by atoms with Gasteiger partial charge in [0.05, 0.1) is 6.61 Å². The summed E-state index contributed by atoms with van der Waals surface area (Å²) in [4.78, 5) is 7.79. The van der Waals surface area contributed by atoms with Gasteiger partial charge in [0.15, 0.2) is 0 Å². The quantitative estimate of drug-likeness (QED) is 0.780. The van der Waals surface area contributed by atoms with Crippen molar-refractivity contribution in [2.45, 2.75) is 31.6 Å². The van der Waals surface area contributed by atoms with Gasteiger partial charge in [0.25, 0.3) is 0 Å². The van der Waals surface area contributed by atoms with Crippen LogP contribution in [0.2, 0.25) is 0 Å². The molecular weight excluding hydrogens is 190 g/mol. The highest BCUT2D eigenvalue weighted by Crippen LogP contribution is 2.30. The zero-order valence-corrected chi connectivity index (χ0v) is 9.25. The van der Waals surface area contributed by atoms with Gasteiger partial charge >= 0.3 is 0 Å². The molecule has 4 heteroatoms. The number of hydrogen-bond donors (Lipinski definition) is 2. The lowest BCUT2D eigenvalue weighted by Crippen LogP contribution is -2.34. The summed E-state index contributed by atoms with van der Waals surface area (Å²) in [7, 11) is 0. The molecule has 1 saturated heterocycles. The summed E-state index contributed by atoms with van der Waals surface area (Å²) in [6.45, 7) is 4.51. The first-order valence-corrected chi connectivity index (χ1v) is 5.57. The van der Waals surface area contributed by atoms with E-state index in [-0.39, 0.29) is 5.41 Å². The molecule has 1 fully saturated rings. The van der Waals surface area contributed by atoms with E-state index in [2.05, 4.69) is 16.9 Å². The van der Waals surface area contributed by atoms with Gasteiger partial charge in [0, 0.05) is 30.3 Å². The third kappa shape index (κ3) is 2.21. The van der Waals surface area contributed by atoms with Gasteiger partial charge in [0.1, 0.15) is 5.82 Å². The van der Waals surface area contributed by atoms with Crippen LogP contribution in [-0.2, 0) is 16.6 Å². The average molecular weight is 209 g/mol. The lowest BCUT2D eigenvalue weighted by Gasteiger charge is -2.31. The van der Waals surface area contributed by atoms with Crippen molar-refractivity contribution in [1.82, 2.24) is 9.97 Å². The zero-order valence-electron chi connectivity index (χ0n) is 9.25. The van der Waals surface area contributed by atoms with Crippen LogP contribution < -0.4 is 5.73 Å². The maximum Gasteiger partial charge on any atom is 0.114 e. The fraction of sp³-hybridized carbons (Fsp3) is 0.727. The van der Waals surface area contributed by atoms with Crippen molar-refractivity contribution in [1.29, 1.82) is 0 Å². The Labute approximate surface area is 90.2 Å². The molecule has 1 aromatic rings. The molecular formula is C11H19N3O. The summed E-state index contributed by atoms with van der Waals surface area (Å²) in [5, 5.41) is 0. The van der Waals surface area contributed by atoms with E-state index in [0.717, 1.165) is 44.0 Å². The largest absolute Gasteiger partial charge is 0.380 e. The number of hydrogen-bond acceptors (Lipinski definition) is 3. The number of aromatic amines is 1. The molecule has 0 aromatic carbocycles. The molecule has 1 atom stereocenters. The van der Waals surface area contributed by atoms with E-state index in [1.54, 1.807) is 0 Å². The standard InChI is InChI=1S/C11H19N3O/c1-11(4-2-6-15-8-11)10-13-7-9(14-10)3-5-12/h7H,2-6,8,12H2,1H3,(H,13,14). The molecule has 4 nitrogen and oxygen atoms in total. The van der Waals surface area contributed by atoms with Crippen molar-refractivity contribution in [2.75, 3.05) is 19.8 Å². The van der Waals surface area contributed by atoms with Crippen molar-refractivity contribution in [3.63, 3.8) is 0 Å². The summed E-state index contributed by atoms with van der Waals surface area (Å²) in [6, 6.07) is 0. The van der Waals surface area contributed by atoms with E-state index in [4.69, 9.17) is 10.5 Å². The Balaban J connectivity index is 2.12. The molecule has 0 bridgehead atoms. The predicted molar refractivity (Wildman–Crippen MR) is 58.8 cm³/mol. The van der Waals surface area contributed by atoms with Gasteiger partial charge in [-0.1, -0.05) is 6.92 Å². The van der Waals surface area contributed by atoms with Gasteiger partial charge in [0.2, 0.25) is 0 Å². The van der Waals surface area contributed by atoms with Crippen molar-refractivity contribution in [3.05, 3.63) is 17.7 Å². The van der Waals surface area contributed by atoms with E-state index in [0.29, 0.717) is 6.54 Å². The molecule has 0 radical (unpaired) electrons. The van der Waals surface area contributed by atoms with Crippen LogP contribution in [0.5, 0.6) is 0 Å². The minimum absolute atomic E-state index is 0.0606. The van der Waals surface area contributed by atoms with Crippen molar-refractivity contribution in [2.24, 2.45) is 5.73 Å². The SMILES string of the molecule is CC1(c2ncc(CCN)[nH]2)CCCOC1. The number of nitrogens with one attached hydrogen (secondary N) is 1. The van der Waals surface area contributed by atoms with Crippen LogP contribution in [0.3, 0.4) is 0 Å². The number of H-pyrrole nitrogens is 1. The summed E-state index contributed by atoms with van der Waals surface area (Å²) < 4.78 is 5.52. The summed E-state index contributed by atoms with van der Waals surface area (Å²) >= 11 is 0. The Bertz CT molecular complexity index is 315. The minimum Gasteiger partial charge on any atom is -0.380 e. The monoisotopic (exact) mass is 209 g/mol. The lowest BCUT2D eigenvalue weighted by atomic mass is 9.84. The fourth-order valence-electron chi connectivity index (χ4n) is 2.07. The van der Waals surface area contributed by atoms with Crippen LogP contribution in [0, 0.1) is 0 Å². The number of nitrogens with zero attached hydrogens (tertiary/aromatic N) is 1. The molecule has 0 amide bonds. The van der Waals surface area contributed by atoms with E-state index in [9.17, 15) is 0 Å². The Morgan fingerprint density at radius 2 is 2.53 bits per heavy atom. The second kappa shape index (κ2) is 4.33. The molecule has 2 rings (SSSR count). The van der Waals surface area contributed by atoms with E-state index >= 15 is 0 Å². The van der Waals surface area contributed by atoms with Gasteiger partial charge < -0.3 is 15.5 Å². The van der Waals surface area contributed by atoms with Crippen LogP contribution in [0.25, 0.3) is 0 Å². The molecule has 15 heavy (non-hydrogen) atoms. The van der Waals surface area contributed by atoms with Crippen LogP contribution in [0.1, 0.15) is 31.3 Å². The van der Waals surface area contributed by atoms with Gasteiger partial charge in [-0.05, 0) is 19.4 Å². The first-order chi connectivity index (χ1) is 7.24. The maximum absolute atomic E-state index is 5.52. The average Bonchev–Trinajstić information content (AvgIpc) is 2.69.